The maximum atomic E-state index is 11.9. The molecule has 0 unspecified atom stereocenters. The van der Waals surface area contributed by atoms with E-state index in [0.717, 1.165) is 12.8 Å². The van der Waals surface area contributed by atoms with Crippen molar-refractivity contribution < 1.29 is 14.5 Å². The van der Waals surface area contributed by atoms with Gasteiger partial charge in [-0.05, 0) is 25.8 Å². The lowest BCUT2D eigenvalue weighted by atomic mass is 10.1. The van der Waals surface area contributed by atoms with Crippen molar-refractivity contribution in [2.24, 2.45) is 0 Å². The second kappa shape index (κ2) is 5.68. The van der Waals surface area contributed by atoms with Crippen molar-refractivity contribution in [3.8, 4) is 0 Å². The third-order valence-corrected chi connectivity index (χ3v) is 2.98. The molecule has 1 atom stereocenters. The predicted molar refractivity (Wildman–Crippen MR) is 71.2 cm³/mol. The van der Waals surface area contributed by atoms with Crippen LogP contribution < -0.4 is 10.6 Å². The van der Waals surface area contributed by atoms with E-state index in [1.165, 1.54) is 24.3 Å². The third kappa shape index (κ3) is 3.53. The third-order valence-electron chi connectivity index (χ3n) is 2.98. The van der Waals surface area contributed by atoms with E-state index in [1.54, 1.807) is 6.92 Å². The molecule has 0 bridgehead atoms. The quantitative estimate of drug-likeness (QED) is 0.619. The molecular formula is C13H15N3O4. The van der Waals surface area contributed by atoms with Gasteiger partial charge in [0.1, 0.15) is 6.04 Å². The average Bonchev–Trinajstić information content (AvgIpc) is 3.22. The molecule has 1 aliphatic carbocycles. The number of non-ortho nitro benzene ring substituents is 1. The summed E-state index contributed by atoms with van der Waals surface area (Å²) in [5.74, 6) is -0.751. The van der Waals surface area contributed by atoms with E-state index in [9.17, 15) is 19.7 Å². The van der Waals surface area contributed by atoms with Gasteiger partial charge in [0, 0.05) is 23.7 Å². The van der Waals surface area contributed by atoms with Crippen molar-refractivity contribution in [2.75, 3.05) is 0 Å². The topological polar surface area (TPSA) is 101 Å². The van der Waals surface area contributed by atoms with Gasteiger partial charge in [-0.3, -0.25) is 19.7 Å². The zero-order chi connectivity index (χ0) is 14.7. The summed E-state index contributed by atoms with van der Waals surface area (Å²) in [6, 6.07) is 4.93. The Morgan fingerprint density at radius 1 is 1.40 bits per heavy atom. The highest BCUT2D eigenvalue weighted by molar-refractivity contribution is 5.97. The first-order valence-electron chi connectivity index (χ1n) is 6.33. The van der Waals surface area contributed by atoms with Crippen molar-refractivity contribution in [3.63, 3.8) is 0 Å². The predicted octanol–water partition coefficient (Wildman–Crippen LogP) is 0.992. The van der Waals surface area contributed by atoms with Crippen molar-refractivity contribution in [3.05, 3.63) is 39.9 Å². The van der Waals surface area contributed by atoms with Crippen LogP contribution in [0.2, 0.25) is 0 Å². The molecule has 106 valence electrons. The molecule has 20 heavy (non-hydrogen) atoms. The first kappa shape index (κ1) is 14.0. The van der Waals surface area contributed by atoms with E-state index in [1.807, 2.05) is 0 Å². The summed E-state index contributed by atoms with van der Waals surface area (Å²) in [5.41, 5.74) is -0.00185. The van der Waals surface area contributed by atoms with Crippen LogP contribution in [0.3, 0.4) is 0 Å². The molecule has 1 fully saturated rings. The molecule has 1 saturated carbocycles. The molecule has 0 aliphatic heterocycles. The number of carbonyl (C=O) groups is 2. The monoisotopic (exact) mass is 277 g/mol. The van der Waals surface area contributed by atoms with E-state index in [-0.39, 0.29) is 23.2 Å². The Balaban J connectivity index is 1.98. The van der Waals surface area contributed by atoms with Crippen LogP contribution in [-0.2, 0) is 4.79 Å². The molecule has 2 amide bonds. The van der Waals surface area contributed by atoms with Crippen LogP contribution >= 0.6 is 0 Å². The van der Waals surface area contributed by atoms with Crippen LogP contribution in [0, 0.1) is 10.1 Å². The molecule has 2 N–H and O–H groups in total. The van der Waals surface area contributed by atoms with Gasteiger partial charge in [0.05, 0.1) is 4.92 Å². The van der Waals surface area contributed by atoms with Gasteiger partial charge in [-0.1, -0.05) is 6.07 Å². The molecule has 1 aliphatic rings. The molecule has 1 aromatic rings. The van der Waals surface area contributed by atoms with E-state index in [4.69, 9.17) is 0 Å². The lowest BCUT2D eigenvalue weighted by molar-refractivity contribution is -0.384. The van der Waals surface area contributed by atoms with Gasteiger partial charge in [0.25, 0.3) is 11.6 Å². The van der Waals surface area contributed by atoms with Gasteiger partial charge in [0.15, 0.2) is 0 Å². The van der Waals surface area contributed by atoms with Gasteiger partial charge in [-0.2, -0.15) is 0 Å². The molecule has 0 saturated heterocycles. The molecule has 7 heteroatoms. The number of nitro groups is 1. The molecule has 7 nitrogen and oxygen atoms in total. The van der Waals surface area contributed by atoms with E-state index in [0.29, 0.717) is 0 Å². The molecular weight excluding hydrogens is 262 g/mol. The van der Waals surface area contributed by atoms with Crippen LogP contribution in [0.5, 0.6) is 0 Å². The Labute approximate surface area is 115 Å². The summed E-state index contributed by atoms with van der Waals surface area (Å²) in [5, 5.41) is 15.9. The SMILES string of the molecule is C[C@H](NC(=O)c1cccc([N+](=O)[O-])c1)C(=O)NC1CC1. The van der Waals surface area contributed by atoms with Gasteiger partial charge < -0.3 is 10.6 Å². The number of amides is 2. The highest BCUT2D eigenvalue weighted by atomic mass is 16.6. The fourth-order valence-corrected chi connectivity index (χ4v) is 1.66. The summed E-state index contributed by atoms with van der Waals surface area (Å²) in [6.07, 6.45) is 1.94. The van der Waals surface area contributed by atoms with E-state index in [2.05, 4.69) is 10.6 Å². The number of hydrogen-bond donors (Lipinski definition) is 2. The van der Waals surface area contributed by atoms with Crippen LogP contribution in [-0.4, -0.2) is 28.8 Å². The van der Waals surface area contributed by atoms with Gasteiger partial charge in [-0.15, -0.1) is 0 Å². The van der Waals surface area contributed by atoms with Crippen LogP contribution in [0.4, 0.5) is 5.69 Å². The number of nitrogens with zero attached hydrogens (tertiary/aromatic N) is 1. The number of nitro benzene ring substituents is 1. The Kier molecular flexibility index (Phi) is 3.97. The zero-order valence-electron chi connectivity index (χ0n) is 11.0. The van der Waals surface area contributed by atoms with Crippen molar-refractivity contribution in [1.29, 1.82) is 0 Å². The summed E-state index contributed by atoms with van der Waals surface area (Å²) < 4.78 is 0. The largest absolute Gasteiger partial charge is 0.352 e. The summed E-state index contributed by atoms with van der Waals surface area (Å²) >= 11 is 0. The second-order valence-electron chi connectivity index (χ2n) is 4.79. The smallest absolute Gasteiger partial charge is 0.270 e. The Morgan fingerprint density at radius 2 is 2.10 bits per heavy atom. The lowest BCUT2D eigenvalue weighted by Crippen LogP contribution is -2.45. The molecule has 2 rings (SSSR count). The lowest BCUT2D eigenvalue weighted by Gasteiger charge is -2.13. The van der Waals surface area contributed by atoms with Crippen LogP contribution in [0.1, 0.15) is 30.1 Å². The molecule has 0 heterocycles. The van der Waals surface area contributed by atoms with Crippen molar-refractivity contribution >= 4 is 17.5 Å². The molecule has 0 aromatic heterocycles. The average molecular weight is 277 g/mol. The minimum atomic E-state index is -0.678. The first-order chi connectivity index (χ1) is 9.47. The van der Waals surface area contributed by atoms with Crippen molar-refractivity contribution in [1.82, 2.24) is 10.6 Å². The van der Waals surface area contributed by atoms with Gasteiger partial charge in [0.2, 0.25) is 5.91 Å². The summed E-state index contributed by atoms with van der Waals surface area (Å²) in [6.45, 7) is 1.58. The highest BCUT2D eigenvalue weighted by Crippen LogP contribution is 2.18. The number of nitrogens with one attached hydrogen (secondary N) is 2. The summed E-state index contributed by atoms with van der Waals surface area (Å²) in [7, 11) is 0. The highest BCUT2D eigenvalue weighted by Gasteiger charge is 2.26. The maximum absolute atomic E-state index is 11.9. The zero-order valence-corrected chi connectivity index (χ0v) is 11.0. The second-order valence-corrected chi connectivity index (χ2v) is 4.79. The Hall–Kier alpha value is -2.44. The molecule has 1 aromatic carbocycles. The minimum absolute atomic E-state index is 0.158. The van der Waals surface area contributed by atoms with Gasteiger partial charge in [-0.25, -0.2) is 0 Å². The Morgan fingerprint density at radius 3 is 2.70 bits per heavy atom. The van der Waals surface area contributed by atoms with Crippen molar-refractivity contribution in [2.45, 2.75) is 31.8 Å². The standard InChI is InChI=1S/C13H15N3O4/c1-8(12(17)15-10-5-6-10)14-13(18)9-3-2-4-11(7-9)16(19)20/h2-4,7-8,10H,5-6H2,1H3,(H,14,18)(H,15,17)/t8-/m0/s1. The van der Waals surface area contributed by atoms with E-state index >= 15 is 0 Å². The van der Waals surface area contributed by atoms with Crippen LogP contribution in [0.25, 0.3) is 0 Å². The van der Waals surface area contributed by atoms with Gasteiger partial charge >= 0.3 is 0 Å². The molecule has 0 radical (unpaired) electrons. The number of benzene rings is 1. The minimum Gasteiger partial charge on any atom is -0.352 e. The maximum Gasteiger partial charge on any atom is 0.270 e. The number of carbonyl (C=O) groups excluding carboxylic acids is 2. The first-order valence-corrected chi connectivity index (χ1v) is 6.33. The number of rotatable bonds is 5. The fourth-order valence-electron chi connectivity index (χ4n) is 1.66. The van der Waals surface area contributed by atoms with Crippen LogP contribution in [0.15, 0.2) is 24.3 Å². The Bertz CT molecular complexity index is 554. The number of hydrogen-bond acceptors (Lipinski definition) is 4. The normalized spacial score (nSPS) is 15.2. The van der Waals surface area contributed by atoms with E-state index < -0.39 is 16.9 Å². The summed E-state index contributed by atoms with van der Waals surface area (Å²) in [4.78, 5) is 33.7. The molecule has 0 spiro atoms. The fraction of sp³-hybridized carbons (Fsp3) is 0.385.